The van der Waals surface area contributed by atoms with Gasteiger partial charge in [-0.1, -0.05) is 125 Å². The quantitative estimate of drug-likeness (QED) is 0.284. The standard InChI is InChI=1S/C21H44/c1-6-7-8-9-10-11-12-13-14-15-16-17-18-19-20(2)21(3,4)5/h20H,6-19H2,1-5H3. The first-order valence-electron chi connectivity index (χ1n) is 9.98. The van der Waals surface area contributed by atoms with Crippen LogP contribution in [0.1, 0.15) is 125 Å². The Morgan fingerprint density at radius 2 is 0.905 bits per heavy atom. The summed E-state index contributed by atoms with van der Waals surface area (Å²) in [5, 5.41) is 0. The van der Waals surface area contributed by atoms with Gasteiger partial charge in [-0.3, -0.25) is 0 Å². The Balaban J connectivity index is 3.13. The Labute approximate surface area is 136 Å². The Morgan fingerprint density at radius 1 is 0.571 bits per heavy atom. The van der Waals surface area contributed by atoms with Gasteiger partial charge in [0.2, 0.25) is 0 Å². The first-order chi connectivity index (χ1) is 9.98. The SMILES string of the molecule is CCCCCCCCCCCCCCCC(C)C(C)(C)C. The van der Waals surface area contributed by atoms with Crippen molar-refractivity contribution in [1.82, 2.24) is 0 Å². The van der Waals surface area contributed by atoms with E-state index in [0.717, 1.165) is 5.92 Å². The van der Waals surface area contributed by atoms with Crippen molar-refractivity contribution < 1.29 is 0 Å². The van der Waals surface area contributed by atoms with Crippen LogP contribution in [0, 0.1) is 11.3 Å². The molecule has 21 heavy (non-hydrogen) atoms. The largest absolute Gasteiger partial charge is 0.0654 e. The predicted octanol–water partition coefficient (Wildman–Crippen LogP) is 8.15. The second kappa shape index (κ2) is 13.6. The highest BCUT2D eigenvalue weighted by atomic mass is 14.2. The molecular formula is C21H44. The summed E-state index contributed by atoms with van der Waals surface area (Å²) in [6.45, 7) is 11.8. The molecule has 0 radical (unpaired) electrons. The van der Waals surface area contributed by atoms with E-state index in [1.165, 1.54) is 89.9 Å². The van der Waals surface area contributed by atoms with Gasteiger partial charge in [0.25, 0.3) is 0 Å². The van der Waals surface area contributed by atoms with E-state index in [2.05, 4.69) is 34.6 Å². The fraction of sp³-hybridized carbons (Fsp3) is 1.00. The zero-order chi connectivity index (χ0) is 16.0. The molecule has 0 nitrogen and oxygen atoms in total. The van der Waals surface area contributed by atoms with Crippen LogP contribution < -0.4 is 0 Å². The van der Waals surface area contributed by atoms with Crippen LogP contribution in [0.5, 0.6) is 0 Å². The average molecular weight is 297 g/mol. The average Bonchev–Trinajstić information content (AvgIpc) is 2.42. The van der Waals surface area contributed by atoms with E-state index in [-0.39, 0.29) is 0 Å². The zero-order valence-corrected chi connectivity index (χ0v) is 16.0. The molecule has 0 heterocycles. The van der Waals surface area contributed by atoms with E-state index in [1.807, 2.05) is 0 Å². The summed E-state index contributed by atoms with van der Waals surface area (Å²) in [5.74, 6) is 0.866. The first-order valence-corrected chi connectivity index (χ1v) is 9.98. The van der Waals surface area contributed by atoms with Crippen LogP contribution in [0.2, 0.25) is 0 Å². The molecule has 0 amide bonds. The van der Waals surface area contributed by atoms with Crippen LogP contribution >= 0.6 is 0 Å². The molecule has 0 aliphatic rings. The van der Waals surface area contributed by atoms with Crippen molar-refractivity contribution >= 4 is 0 Å². The van der Waals surface area contributed by atoms with Crippen LogP contribution in [0.15, 0.2) is 0 Å². The van der Waals surface area contributed by atoms with Crippen molar-refractivity contribution in [3.63, 3.8) is 0 Å². The molecule has 0 bridgehead atoms. The molecule has 0 heteroatoms. The Bertz CT molecular complexity index is 199. The lowest BCUT2D eigenvalue weighted by molar-refractivity contribution is 0.240. The van der Waals surface area contributed by atoms with Gasteiger partial charge in [0.05, 0.1) is 0 Å². The van der Waals surface area contributed by atoms with Crippen LogP contribution in [0.4, 0.5) is 0 Å². The van der Waals surface area contributed by atoms with Gasteiger partial charge >= 0.3 is 0 Å². The summed E-state index contributed by atoms with van der Waals surface area (Å²) >= 11 is 0. The summed E-state index contributed by atoms with van der Waals surface area (Å²) in [6.07, 6.45) is 20.4. The molecule has 0 N–H and O–H groups in total. The topological polar surface area (TPSA) is 0 Å². The molecule has 0 aliphatic carbocycles. The lowest BCUT2D eigenvalue weighted by Crippen LogP contribution is -2.16. The number of hydrogen-bond donors (Lipinski definition) is 0. The lowest BCUT2D eigenvalue weighted by atomic mass is 9.79. The van der Waals surface area contributed by atoms with Gasteiger partial charge in [-0.05, 0) is 11.3 Å². The zero-order valence-electron chi connectivity index (χ0n) is 16.0. The normalized spacial score (nSPS) is 13.6. The lowest BCUT2D eigenvalue weighted by Gasteiger charge is -2.27. The first kappa shape index (κ1) is 21.0. The van der Waals surface area contributed by atoms with Crippen molar-refractivity contribution in [2.75, 3.05) is 0 Å². The van der Waals surface area contributed by atoms with Crippen LogP contribution in [0.3, 0.4) is 0 Å². The van der Waals surface area contributed by atoms with Gasteiger partial charge in [0.15, 0.2) is 0 Å². The van der Waals surface area contributed by atoms with Gasteiger partial charge in [0, 0.05) is 0 Å². The summed E-state index contributed by atoms with van der Waals surface area (Å²) in [4.78, 5) is 0. The van der Waals surface area contributed by atoms with Crippen LogP contribution in [-0.4, -0.2) is 0 Å². The molecule has 1 unspecified atom stereocenters. The number of unbranched alkanes of at least 4 members (excludes halogenated alkanes) is 12. The Morgan fingerprint density at radius 3 is 1.24 bits per heavy atom. The molecule has 128 valence electrons. The maximum atomic E-state index is 2.42. The molecule has 0 fully saturated rings. The Kier molecular flexibility index (Phi) is 13.6. The minimum atomic E-state index is 0.497. The van der Waals surface area contributed by atoms with Gasteiger partial charge in [-0.25, -0.2) is 0 Å². The van der Waals surface area contributed by atoms with Crippen molar-refractivity contribution in [2.24, 2.45) is 11.3 Å². The van der Waals surface area contributed by atoms with Crippen molar-refractivity contribution in [3.05, 3.63) is 0 Å². The molecular weight excluding hydrogens is 252 g/mol. The second-order valence-electron chi connectivity index (χ2n) is 8.30. The summed E-state index contributed by atoms with van der Waals surface area (Å²) < 4.78 is 0. The molecule has 0 aliphatic heterocycles. The van der Waals surface area contributed by atoms with E-state index >= 15 is 0 Å². The monoisotopic (exact) mass is 296 g/mol. The van der Waals surface area contributed by atoms with E-state index < -0.39 is 0 Å². The van der Waals surface area contributed by atoms with E-state index in [0.29, 0.717) is 5.41 Å². The van der Waals surface area contributed by atoms with Crippen LogP contribution in [0.25, 0.3) is 0 Å². The van der Waals surface area contributed by atoms with E-state index in [1.54, 1.807) is 0 Å². The second-order valence-corrected chi connectivity index (χ2v) is 8.30. The molecule has 0 aromatic heterocycles. The number of rotatable bonds is 14. The molecule has 0 spiro atoms. The third-order valence-corrected chi connectivity index (χ3v) is 5.22. The molecule has 0 saturated carbocycles. The minimum Gasteiger partial charge on any atom is -0.0654 e. The van der Waals surface area contributed by atoms with E-state index in [9.17, 15) is 0 Å². The highest BCUT2D eigenvalue weighted by Crippen LogP contribution is 2.29. The molecule has 0 aromatic carbocycles. The molecule has 0 saturated heterocycles. The van der Waals surface area contributed by atoms with Gasteiger partial charge in [-0.2, -0.15) is 0 Å². The maximum absolute atomic E-state index is 2.42. The minimum absolute atomic E-state index is 0.497. The molecule has 1 atom stereocenters. The molecule has 0 rings (SSSR count). The van der Waals surface area contributed by atoms with Gasteiger partial charge in [-0.15, -0.1) is 0 Å². The fourth-order valence-corrected chi connectivity index (χ4v) is 2.90. The molecule has 0 aromatic rings. The van der Waals surface area contributed by atoms with Crippen molar-refractivity contribution in [3.8, 4) is 0 Å². The predicted molar refractivity (Wildman–Crippen MR) is 98.9 cm³/mol. The van der Waals surface area contributed by atoms with Gasteiger partial charge in [0.1, 0.15) is 0 Å². The van der Waals surface area contributed by atoms with Crippen molar-refractivity contribution in [1.29, 1.82) is 0 Å². The van der Waals surface area contributed by atoms with E-state index in [4.69, 9.17) is 0 Å². The van der Waals surface area contributed by atoms with Crippen LogP contribution in [-0.2, 0) is 0 Å². The Hall–Kier alpha value is 0. The maximum Gasteiger partial charge on any atom is -0.0357 e. The third-order valence-electron chi connectivity index (χ3n) is 5.22. The fourth-order valence-electron chi connectivity index (χ4n) is 2.90. The highest BCUT2D eigenvalue weighted by Gasteiger charge is 2.18. The summed E-state index contributed by atoms with van der Waals surface area (Å²) in [7, 11) is 0. The van der Waals surface area contributed by atoms with Crippen molar-refractivity contribution in [2.45, 2.75) is 125 Å². The highest BCUT2D eigenvalue weighted by molar-refractivity contribution is 4.69. The summed E-state index contributed by atoms with van der Waals surface area (Å²) in [6, 6.07) is 0. The third kappa shape index (κ3) is 14.7. The number of hydrogen-bond acceptors (Lipinski definition) is 0. The smallest absolute Gasteiger partial charge is 0.0357 e. The summed E-state index contributed by atoms with van der Waals surface area (Å²) in [5.41, 5.74) is 0.497. The van der Waals surface area contributed by atoms with Gasteiger partial charge < -0.3 is 0 Å².